The Balaban J connectivity index is 2.49. The van der Waals surface area contributed by atoms with Crippen LogP contribution < -0.4 is 0 Å². The van der Waals surface area contributed by atoms with Crippen molar-refractivity contribution in [2.45, 2.75) is 32.2 Å². The van der Waals surface area contributed by atoms with Crippen LogP contribution in [0.2, 0.25) is 0 Å². The number of aliphatic hydroxyl groups excluding tert-OH is 1. The summed E-state index contributed by atoms with van der Waals surface area (Å²) in [7, 11) is 1.61. The molecule has 0 aromatic carbocycles. The van der Waals surface area contributed by atoms with E-state index in [4.69, 9.17) is 5.11 Å². The predicted octanol–water partition coefficient (Wildman–Crippen LogP) is -0.162. The maximum atomic E-state index is 11.9. The van der Waals surface area contributed by atoms with Crippen LogP contribution in [0, 0.1) is 0 Å². The molecule has 0 spiro atoms. The monoisotopic (exact) mass is 228 g/mol. The summed E-state index contributed by atoms with van der Waals surface area (Å²) in [5.41, 5.74) is 0. The Morgan fingerprint density at radius 2 is 2.00 bits per heavy atom. The molecule has 1 saturated carbocycles. The van der Waals surface area contributed by atoms with Gasteiger partial charge in [-0.1, -0.05) is 0 Å². The van der Waals surface area contributed by atoms with Gasteiger partial charge in [0.15, 0.2) is 0 Å². The van der Waals surface area contributed by atoms with E-state index in [2.05, 4.69) is 0 Å². The number of carbonyl (C=O) groups excluding carboxylic acids is 2. The highest BCUT2D eigenvalue weighted by molar-refractivity contribution is 5.83. The molecule has 0 saturated heterocycles. The summed E-state index contributed by atoms with van der Waals surface area (Å²) in [5.74, 6) is -0.192. The lowest BCUT2D eigenvalue weighted by Gasteiger charge is -2.38. The number of nitrogens with zero attached hydrogens (tertiary/aromatic N) is 2. The summed E-state index contributed by atoms with van der Waals surface area (Å²) >= 11 is 0. The van der Waals surface area contributed by atoms with E-state index in [9.17, 15) is 9.59 Å². The van der Waals surface area contributed by atoms with E-state index in [1.54, 1.807) is 11.9 Å². The van der Waals surface area contributed by atoms with Crippen LogP contribution in [0.1, 0.15) is 26.2 Å². The van der Waals surface area contributed by atoms with E-state index in [-0.39, 0.29) is 31.0 Å². The first kappa shape index (κ1) is 13.0. The van der Waals surface area contributed by atoms with Gasteiger partial charge < -0.3 is 14.9 Å². The molecule has 1 fully saturated rings. The van der Waals surface area contributed by atoms with Crippen molar-refractivity contribution in [1.82, 2.24) is 9.80 Å². The van der Waals surface area contributed by atoms with Gasteiger partial charge >= 0.3 is 0 Å². The summed E-state index contributed by atoms with van der Waals surface area (Å²) in [4.78, 5) is 26.0. The van der Waals surface area contributed by atoms with Crippen LogP contribution in [0.4, 0.5) is 0 Å². The van der Waals surface area contributed by atoms with E-state index in [1.165, 1.54) is 11.8 Å². The molecule has 16 heavy (non-hydrogen) atoms. The second-order valence-electron chi connectivity index (χ2n) is 4.27. The standard InChI is InChI=1S/C11H20N2O3/c1-9(15)12(2)8-11(16)13(6-7-14)10-4-3-5-10/h10,14H,3-8H2,1-2H3. The third-order valence-corrected chi connectivity index (χ3v) is 3.09. The average molecular weight is 228 g/mol. The van der Waals surface area contributed by atoms with Gasteiger partial charge in [0, 0.05) is 26.6 Å². The number of carbonyl (C=O) groups is 2. The molecule has 0 aliphatic heterocycles. The Hall–Kier alpha value is -1.10. The molecule has 0 aromatic heterocycles. The van der Waals surface area contributed by atoms with Crippen molar-refractivity contribution in [3.05, 3.63) is 0 Å². The molecule has 0 aromatic rings. The highest BCUT2D eigenvalue weighted by atomic mass is 16.3. The van der Waals surface area contributed by atoms with Gasteiger partial charge in [-0.25, -0.2) is 0 Å². The van der Waals surface area contributed by atoms with Gasteiger partial charge in [0.05, 0.1) is 13.2 Å². The number of hydrogen-bond donors (Lipinski definition) is 1. The number of hydrogen-bond acceptors (Lipinski definition) is 3. The fourth-order valence-electron chi connectivity index (χ4n) is 1.72. The van der Waals surface area contributed by atoms with Crippen LogP contribution >= 0.6 is 0 Å². The largest absolute Gasteiger partial charge is 0.395 e. The maximum absolute atomic E-state index is 11.9. The minimum Gasteiger partial charge on any atom is -0.395 e. The third kappa shape index (κ3) is 3.20. The fraction of sp³-hybridized carbons (Fsp3) is 0.818. The Morgan fingerprint density at radius 3 is 2.38 bits per heavy atom. The molecule has 0 unspecified atom stereocenters. The molecule has 0 radical (unpaired) electrons. The van der Waals surface area contributed by atoms with Gasteiger partial charge in [-0.15, -0.1) is 0 Å². The fourth-order valence-corrected chi connectivity index (χ4v) is 1.72. The molecule has 1 aliphatic carbocycles. The predicted molar refractivity (Wildman–Crippen MR) is 59.7 cm³/mol. The summed E-state index contributed by atoms with van der Waals surface area (Å²) in [6.07, 6.45) is 3.16. The quantitative estimate of drug-likeness (QED) is 0.711. The van der Waals surface area contributed by atoms with Crippen LogP contribution in [-0.2, 0) is 9.59 Å². The van der Waals surface area contributed by atoms with E-state index < -0.39 is 0 Å². The molecule has 0 atom stereocenters. The lowest BCUT2D eigenvalue weighted by molar-refractivity contribution is -0.141. The summed E-state index contributed by atoms with van der Waals surface area (Å²) in [6, 6.07) is 0.264. The minimum atomic E-state index is -0.120. The van der Waals surface area contributed by atoms with E-state index >= 15 is 0 Å². The van der Waals surface area contributed by atoms with Crippen molar-refractivity contribution in [3.63, 3.8) is 0 Å². The third-order valence-electron chi connectivity index (χ3n) is 3.09. The molecule has 5 heteroatoms. The molecule has 5 nitrogen and oxygen atoms in total. The maximum Gasteiger partial charge on any atom is 0.242 e. The molecular formula is C11H20N2O3. The first-order chi connectivity index (χ1) is 7.56. The highest BCUT2D eigenvalue weighted by Crippen LogP contribution is 2.24. The smallest absolute Gasteiger partial charge is 0.242 e. The van der Waals surface area contributed by atoms with Crippen molar-refractivity contribution in [2.24, 2.45) is 0 Å². The molecule has 1 N–H and O–H groups in total. The first-order valence-electron chi connectivity index (χ1n) is 5.68. The topological polar surface area (TPSA) is 60.9 Å². The van der Waals surface area contributed by atoms with Crippen LogP contribution in [0.5, 0.6) is 0 Å². The summed E-state index contributed by atoms with van der Waals surface area (Å²) in [6.45, 7) is 1.89. The van der Waals surface area contributed by atoms with E-state index in [0.29, 0.717) is 6.54 Å². The van der Waals surface area contributed by atoms with Crippen molar-refractivity contribution < 1.29 is 14.7 Å². The number of likely N-dealkylation sites (N-methyl/N-ethyl adjacent to an activating group) is 1. The summed E-state index contributed by atoms with van der Waals surface area (Å²) < 4.78 is 0. The van der Waals surface area contributed by atoms with E-state index in [1.807, 2.05) is 0 Å². The van der Waals surface area contributed by atoms with Crippen LogP contribution in [0.3, 0.4) is 0 Å². The molecule has 0 bridgehead atoms. The Bertz CT molecular complexity index is 264. The number of rotatable bonds is 5. The second-order valence-corrected chi connectivity index (χ2v) is 4.27. The normalized spacial score (nSPS) is 15.4. The lowest BCUT2D eigenvalue weighted by Crippen LogP contribution is -2.49. The molecule has 0 heterocycles. The molecule has 92 valence electrons. The van der Waals surface area contributed by atoms with Gasteiger partial charge in [0.25, 0.3) is 0 Å². The molecule has 2 amide bonds. The zero-order valence-corrected chi connectivity index (χ0v) is 9.98. The number of aliphatic hydroxyl groups is 1. The number of amides is 2. The highest BCUT2D eigenvalue weighted by Gasteiger charge is 2.28. The zero-order chi connectivity index (χ0) is 12.1. The summed E-state index contributed by atoms with van der Waals surface area (Å²) in [5, 5.41) is 8.92. The Kier molecular flexibility index (Phi) is 4.73. The Morgan fingerprint density at radius 1 is 1.38 bits per heavy atom. The van der Waals surface area contributed by atoms with Crippen LogP contribution in [-0.4, -0.2) is 59.5 Å². The van der Waals surface area contributed by atoms with Gasteiger partial charge in [-0.3, -0.25) is 9.59 Å². The van der Waals surface area contributed by atoms with Gasteiger partial charge in [-0.05, 0) is 19.3 Å². The van der Waals surface area contributed by atoms with E-state index in [0.717, 1.165) is 19.3 Å². The average Bonchev–Trinajstić information content (AvgIpc) is 2.13. The van der Waals surface area contributed by atoms with Crippen LogP contribution in [0.25, 0.3) is 0 Å². The van der Waals surface area contributed by atoms with Crippen molar-refractivity contribution >= 4 is 11.8 Å². The van der Waals surface area contributed by atoms with Crippen molar-refractivity contribution in [3.8, 4) is 0 Å². The first-order valence-corrected chi connectivity index (χ1v) is 5.68. The van der Waals surface area contributed by atoms with Gasteiger partial charge in [0.2, 0.25) is 11.8 Å². The molecular weight excluding hydrogens is 208 g/mol. The van der Waals surface area contributed by atoms with Crippen molar-refractivity contribution in [1.29, 1.82) is 0 Å². The van der Waals surface area contributed by atoms with Gasteiger partial charge in [-0.2, -0.15) is 0 Å². The van der Waals surface area contributed by atoms with Crippen LogP contribution in [0.15, 0.2) is 0 Å². The minimum absolute atomic E-state index is 0.0218. The van der Waals surface area contributed by atoms with Crippen molar-refractivity contribution in [2.75, 3.05) is 26.7 Å². The Labute approximate surface area is 96.0 Å². The second kappa shape index (κ2) is 5.84. The lowest BCUT2D eigenvalue weighted by atomic mass is 9.91. The SMILES string of the molecule is CC(=O)N(C)CC(=O)N(CCO)C1CCC1. The molecule has 1 aliphatic rings. The zero-order valence-electron chi connectivity index (χ0n) is 9.98. The van der Waals surface area contributed by atoms with Gasteiger partial charge in [0.1, 0.15) is 0 Å². The molecule has 1 rings (SSSR count).